The van der Waals surface area contributed by atoms with E-state index in [9.17, 15) is 4.79 Å². The number of anilines is 1. The molecule has 0 bridgehead atoms. The number of nitrogens with one attached hydrogen (secondary N) is 3. The third-order valence-corrected chi connectivity index (χ3v) is 5.19. The lowest BCUT2D eigenvalue weighted by Gasteiger charge is -2.22. The van der Waals surface area contributed by atoms with E-state index in [1.807, 2.05) is 49.4 Å². The fourth-order valence-corrected chi connectivity index (χ4v) is 3.37. The van der Waals surface area contributed by atoms with Crippen LogP contribution in [-0.4, -0.2) is 26.0 Å². The van der Waals surface area contributed by atoms with Crippen LogP contribution in [0.4, 0.5) is 5.69 Å². The summed E-state index contributed by atoms with van der Waals surface area (Å²) in [6.45, 7) is 2.31. The smallest absolute Gasteiger partial charge is 0.247 e. The van der Waals surface area contributed by atoms with Crippen molar-refractivity contribution in [3.63, 3.8) is 0 Å². The maximum atomic E-state index is 13.3. The third kappa shape index (κ3) is 6.40. The van der Waals surface area contributed by atoms with Crippen LogP contribution in [0.1, 0.15) is 28.3 Å². The molecule has 174 valence electrons. The topological polar surface area (TPSA) is 109 Å². The van der Waals surface area contributed by atoms with Gasteiger partial charge in [-0.05, 0) is 54.4 Å². The summed E-state index contributed by atoms with van der Waals surface area (Å²) in [6, 6.07) is 19.7. The first kappa shape index (κ1) is 25.5. The molecule has 5 N–H and O–H groups in total. The van der Waals surface area contributed by atoms with Crippen molar-refractivity contribution in [2.75, 3.05) is 19.5 Å². The van der Waals surface area contributed by atoms with Crippen LogP contribution in [0, 0.1) is 12.3 Å². The zero-order valence-corrected chi connectivity index (χ0v) is 19.7. The fraction of sp³-hybridized carbons (Fsp3) is 0.200. The highest BCUT2D eigenvalue weighted by molar-refractivity contribution is 5.95. The molecule has 0 fully saturated rings. The van der Waals surface area contributed by atoms with Gasteiger partial charge in [0.25, 0.3) is 0 Å². The number of nitrogens with two attached hydrogens (primary N) is 1. The van der Waals surface area contributed by atoms with Crippen molar-refractivity contribution >= 4 is 29.8 Å². The molecule has 3 aromatic rings. The summed E-state index contributed by atoms with van der Waals surface area (Å²) in [5.41, 5.74) is 9.43. The standard InChI is InChI=1S/C25H28N4O3.ClH/c1-16-21(31-2)13-19(14-22(16)32-3)23(25(30)28-15-17-7-5-4-6-8-17)29-20-11-9-18(10-12-20)24(26)27;/h4-14,23,29H,15H2,1-3H3,(H3,26,27)(H,28,30);1H/t23-;/m0./s1. The lowest BCUT2D eigenvalue weighted by Crippen LogP contribution is -2.33. The molecule has 0 aliphatic rings. The summed E-state index contributed by atoms with van der Waals surface area (Å²) in [4.78, 5) is 13.3. The zero-order chi connectivity index (χ0) is 23.1. The molecular formula is C25H29ClN4O3. The van der Waals surface area contributed by atoms with Crippen molar-refractivity contribution in [1.82, 2.24) is 5.32 Å². The van der Waals surface area contributed by atoms with Crippen LogP contribution in [0.2, 0.25) is 0 Å². The fourth-order valence-electron chi connectivity index (χ4n) is 3.37. The number of benzene rings is 3. The first-order valence-electron chi connectivity index (χ1n) is 10.2. The maximum absolute atomic E-state index is 13.3. The van der Waals surface area contributed by atoms with E-state index < -0.39 is 6.04 Å². The number of hydrogen-bond donors (Lipinski definition) is 4. The number of methoxy groups -OCH3 is 2. The highest BCUT2D eigenvalue weighted by atomic mass is 35.5. The van der Waals surface area contributed by atoms with Crippen molar-refractivity contribution in [3.8, 4) is 11.5 Å². The highest BCUT2D eigenvalue weighted by Gasteiger charge is 2.23. The predicted octanol–water partition coefficient (Wildman–Crippen LogP) is 4.19. The van der Waals surface area contributed by atoms with E-state index >= 15 is 0 Å². The molecule has 33 heavy (non-hydrogen) atoms. The molecule has 1 atom stereocenters. The molecule has 0 saturated carbocycles. The summed E-state index contributed by atoms with van der Waals surface area (Å²) < 4.78 is 11.0. The van der Waals surface area contributed by atoms with Gasteiger partial charge in [0, 0.05) is 23.4 Å². The van der Waals surface area contributed by atoms with E-state index in [0.717, 1.165) is 11.1 Å². The number of ether oxygens (including phenoxy) is 2. The minimum absolute atomic E-state index is 0. The molecule has 1 amide bonds. The first-order valence-corrected chi connectivity index (χ1v) is 10.2. The number of amides is 1. The van der Waals surface area contributed by atoms with Gasteiger partial charge in [0.2, 0.25) is 5.91 Å². The predicted molar refractivity (Wildman–Crippen MR) is 134 cm³/mol. The number of carbonyl (C=O) groups is 1. The van der Waals surface area contributed by atoms with E-state index in [2.05, 4.69) is 10.6 Å². The monoisotopic (exact) mass is 468 g/mol. The number of amidine groups is 1. The summed E-state index contributed by atoms with van der Waals surface area (Å²) in [6.07, 6.45) is 0. The van der Waals surface area contributed by atoms with Gasteiger partial charge in [0.15, 0.2) is 0 Å². The van der Waals surface area contributed by atoms with E-state index in [1.165, 1.54) is 0 Å². The van der Waals surface area contributed by atoms with Gasteiger partial charge in [-0.1, -0.05) is 30.3 Å². The molecule has 0 aliphatic carbocycles. The Balaban J connectivity index is 0.00000385. The van der Waals surface area contributed by atoms with E-state index in [-0.39, 0.29) is 24.1 Å². The number of rotatable bonds is 9. The molecule has 0 radical (unpaired) electrons. The van der Waals surface area contributed by atoms with Crippen LogP contribution in [-0.2, 0) is 11.3 Å². The summed E-state index contributed by atoms with van der Waals surface area (Å²) in [5, 5.41) is 13.8. The maximum Gasteiger partial charge on any atom is 0.247 e. The van der Waals surface area contributed by atoms with Crippen molar-refractivity contribution in [3.05, 3.63) is 89.0 Å². The van der Waals surface area contributed by atoms with Crippen LogP contribution >= 0.6 is 12.4 Å². The number of nitrogen functional groups attached to an aromatic ring is 1. The molecule has 7 nitrogen and oxygen atoms in total. The Morgan fingerprint density at radius 1 is 1.00 bits per heavy atom. The van der Waals surface area contributed by atoms with Crippen LogP contribution in [0.5, 0.6) is 11.5 Å². The van der Waals surface area contributed by atoms with Gasteiger partial charge < -0.3 is 25.8 Å². The highest BCUT2D eigenvalue weighted by Crippen LogP contribution is 2.33. The van der Waals surface area contributed by atoms with Crippen molar-refractivity contribution in [1.29, 1.82) is 5.41 Å². The molecule has 0 saturated heterocycles. The average Bonchev–Trinajstić information content (AvgIpc) is 2.82. The van der Waals surface area contributed by atoms with Gasteiger partial charge in [0.05, 0.1) is 14.2 Å². The van der Waals surface area contributed by atoms with Gasteiger partial charge in [-0.15, -0.1) is 12.4 Å². The Kier molecular flexibility index (Phi) is 9.12. The molecule has 0 heterocycles. The third-order valence-electron chi connectivity index (χ3n) is 5.19. The van der Waals surface area contributed by atoms with Gasteiger partial charge in [-0.3, -0.25) is 10.2 Å². The number of hydrogen-bond acceptors (Lipinski definition) is 5. The van der Waals surface area contributed by atoms with Gasteiger partial charge in [-0.2, -0.15) is 0 Å². The molecular weight excluding hydrogens is 440 g/mol. The SMILES string of the molecule is COc1cc([C@H](Nc2ccc(C(=N)N)cc2)C(=O)NCc2ccccc2)cc(OC)c1C.Cl. The largest absolute Gasteiger partial charge is 0.496 e. The first-order chi connectivity index (χ1) is 15.4. The van der Waals surface area contributed by atoms with Gasteiger partial charge in [-0.25, -0.2) is 0 Å². The molecule has 3 aromatic carbocycles. The van der Waals surface area contributed by atoms with E-state index in [4.69, 9.17) is 20.6 Å². The summed E-state index contributed by atoms with van der Waals surface area (Å²) in [7, 11) is 3.17. The van der Waals surface area contributed by atoms with Crippen LogP contribution < -0.4 is 25.8 Å². The van der Waals surface area contributed by atoms with Crippen LogP contribution in [0.3, 0.4) is 0 Å². The lowest BCUT2D eigenvalue weighted by molar-refractivity contribution is -0.122. The van der Waals surface area contributed by atoms with Gasteiger partial charge >= 0.3 is 0 Å². The second kappa shape index (κ2) is 11.8. The van der Waals surface area contributed by atoms with Crippen molar-refractivity contribution in [2.24, 2.45) is 5.73 Å². The Morgan fingerprint density at radius 2 is 1.58 bits per heavy atom. The average molecular weight is 469 g/mol. The second-order valence-corrected chi connectivity index (χ2v) is 7.32. The molecule has 3 rings (SSSR count). The Bertz CT molecular complexity index is 1060. The molecule has 0 aromatic heterocycles. The van der Waals surface area contributed by atoms with Crippen molar-refractivity contribution in [2.45, 2.75) is 19.5 Å². The normalized spacial score (nSPS) is 11.0. The zero-order valence-electron chi connectivity index (χ0n) is 18.8. The second-order valence-electron chi connectivity index (χ2n) is 7.32. The molecule has 8 heteroatoms. The Morgan fingerprint density at radius 3 is 2.09 bits per heavy atom. The Labute approximate surface area is 200 Å². The van der Waals surface area contributed by atoms with Crippen LogP contribution in [0.15, 0.2) is 66.7 Å². The lowest BCUT2D eigenvalue weighted by atomic mass is 10.0. The van der Waals surface area contributed by atoms with Gasteiger partial charge in [0.1, 0.15) is 23.4 Å². The molecule has 0 unspecified atom stereocenters. The number of carbonyl (C=O) groups excluding carboxylic acids is 1. The quantitative estimate of drug-likeness (QED) is 0.278. The minimum atomic E-state index is -0.703. The summed E-state index contributed by atoms with van der Waals surface area (Å²) >= 11 is 0. The van der Waals surface area contributed by atoms with Crippen molar-refractivity contribution < 1.29 is 14.3 Å². The van der Waals surface area contributed by atoms with E-state index in [1.54, 1.807) is 38.5 Å². The molecule has 0 aliphatic heterocycles. The molecule has 0 spiro atoms. The number of halogens is 1. The van der Waals surface area contributed by atoms with E-state index in [0.29, 0.717) is 34.9 Å². The van der Waals surface area contributed by atoms with Crippen LogP contribution in [0.25, 0.3) is 0 Å². The minimum Gasteiger partial charge on any atom is -0.496 e. The Hall–Kier alpha value is -3.71. The summed E-state index contributed by atoms with van der Waals surface area (Å²) in [5.74, 6) is 1.06.